The van der Waals surface area contributed by atoms with Crippen molar-refractivity contribution in [2.75, 3.05) is 39.4 Å². The van der Waals surface area contributed by atoms with Crippen molar-refractivity contribution in [2.45, 2.75) is 4.90 Å². The van der Waals surface area contributed by atoms with Gasteiger partial charge in [-0.05, 0) is 12.1 Å². The molecule has 8 heteroatoms. The van der Waals surface area contributed by atoms with E-state index in [-0.39, 0.29) is 4.90 Å². The van der Waals surface area contributed by atoms with Crippen molar-refractivity contribution in [3.05, 3.63) is 18.2 Å². The van der Waals surface area contributed by atoms with Crippen molar-refractivity contribution in [2.24, 2.45) is 0 Å². The van der Waals surface area contributed by atoms with Crippen LogP contribution in [0.3, 0.4) is 0 Å². The molecule has 21 heavy (non-hydrogen) atoms. The Balaban J connectivity index is 1.83. The van der Waals surface area contributed by atoms with Gasteiger partial charge >= 0.3 is 0 Å². The molecule has 0 bridgehead atoms. The van der Waals surface area contributed by atoms with Crippen LogP contribution in [0.2, 0.25) is 0 Å². The highest BCUT2D eigenvalue weighted by Crippen LogP contribution is 2.33. The molecule has 0 aromatic heterocycles. The summed E-state index contributed by atoms with van der Waals surface area (Å²) in [5.74, 6) is 1.01. The molecule has 0 spiro atoms. The van der Waals surface area contributed by atoms with Crippen LogP contribution in [0, 0.1) is 0 Å². The first-order chi connectivity index (χ1) is 10.1. The lowest BCUT2D eigenvalue weighted by atomic mass is 10.3. The van der Waals surface area contributed by atoms with Crippen LogP contribution in [0.5, 0.6) is 11.5 Å². The molecule has 3 rings (SSSR count). The summed E-state index contributed by atoms with van der Waals surface area (Å²) in [5.41, 5.74) is 0. The second-order valence-corrected chi connectivity index (χ2v) is 6.79. The predicted molar refractivity (Wildman–Crippen MR) is 73.8 cm³/mol. The molecule has 1 amide bonds. The first-order valence-corrected chi connectivity index (χ1v) is 8.14. The first-order valence-electron chi connectivity index (χ1n) is 6.70. The van der Waals surface area contributed by atoms with Gasteiger partial charge in [0.1, 0.15) is 13.2 Å². The molecule has 1 aromatic carbocycles. The van der Waals surface area contributed by atoms with E-state index in [9.17, 15) is 13.2 Å². The molecule has 0 N–H and O–H groups in total. The van der Waals surface area contributed by atoms with Gasteiger partial charge in [0.15, 0.2) is 11.5 Å². The second-order valence-electron chi connectivity index (χ2n) is 4.85. The SMILES string of the molecule is O=CN1CCN(S(=O)(=O)c2ccc3c(c2)OCCO3)CC1. The molecule has 2 aliphatic rings. The number of benzene rings is 1. The summed E-state index contributed by atoms with van der Waals surface area (Å²) >= 11 is 0. The molecule has 2 aliphatic heterocycles. The van der Waals surface area contributed by atoms with Gasteiger partial charge < -0.3 is 14.4 Å². The van der Waals surface area contributed by atoms with Crippen LogP contribution in [-0.2, 0) is 14.8 Å². The minimum Gasteiger partial charge on any atom is -0.486 e. The number of ether oxygens (including phenoxy) is 2. The molecular formula is C13H16N2O5S. The average Bonchev–Trinajstić information content (AvgIpc) is 2.54. The van der Waals surface area contributed by atoms with E-state index in [1.54, 1.807) is 11.0 Å². The summed E-state index contributed by atoms with van der Waals surface area (Å²) in [5, 5.41) is 0. The van der Waals surface area contributed by atoms with E-state index in [0.717, 1.165) is 6.41 Å². The largest absolute Gasteiger partial charge is 0.486 e. The first kappa shape index (κ1) is 14.2. The van der Waals surface area contributed by atoms with E-state index in [1.807, 2.05) is 0 Å². The third-order valence-electron chi connectivity index (χ3n) is 3.57. The number of piperazine rings is 1. The van der Waals surface area contributed by atoms with E-state index in [0.29, 0.717) is 50.9 Å². The highest BCUT2D eigenvalue weighted by atomic mass is 32.2. The standard InChI is InChI=1S/C13H16N2O5S/c16-10-14-3-5-15(6-4-14)21(17,18)11-1-2-12-13(9-11)20-8-7-19-12/h1-2,9-10H,3-8H2. The Morgan fingerprint density at radius 1 is 1.00 bits per heavy atom. The number of fused-ring (bicyclic) bond motifs is 1. The summed E-state index contributed by atoms with van der Waals surface area (Å²) in [4.78, 5) is 12.4. The molecule has 0 unspecified atom stereocenters. The van der Waals surface area contributed by atoms with Crippen LogP contribution < -0.4 is 9.47 Å². The zero-order valence-corrected chi connectivity index (χ0v) is 12.2. The van der Waals surface area contributed by atoms with Crippen molar-refractivity contribution in [1.82, 2.24) is 9.21 Å². The van der Waals surface area contributed by atoms with Gasteiger partial charge in [0.2, 0.25) is 16.4 Å². The van der Waals surface area contributed by atoms with Gasteiger partial charge in [0.25, 0.3) is 0 Å². The number of nitrogens with zero attached hydrogens (tertiary/aromatic N) is 2. The maximum atomic E-state index is 12.6. The van der Waals surface area contributed by atoms with Gasteiger partial charge in [-0.1, -0.05) is 0 Å². The van der Waals surface area contributed by atoms with Crippen LogP contribution in [0.15, 0.2) is 23.1 Å². The highest BCUT2D eigenvalue weighted by molar-refractivity contribution is 7.89. The van der Waals surface area contributed by atoms with Gasteiger partial charge in [-0.3, -0.25) is 4.79 Å². The van der Waals surface area contributed by atoms with Gasteiger partial charge in [0, 0.05) is 32.2 Å². The quantitative estimate of drug-likeness (QED) is 0.730. The summed E-state index contributed by atoms with van der Waals surface area (Å²) in [7, 11) is -3.57. The van der Waals surface area contributed by atoms with Gasteiger partial charge in [-0.25, -0.2) is 8.42 Å². The lowest BCUT2D eigenvalue weighted by Crippen LogP contribution is -2.47. The van der Waals surface area contributed by atoms with Crippen molar-refractivity contribution >= 4 is 16.4 Å². The number of carbonyl (C=O) groups is 1. The van der Waals surface area contributed by atoms with Crippen molar-refractivity contribution in [3.8, 4) is 11.5 Å². The molecule has 0 radical (unpaired) electrons. The second kappa shape index (κ2) is 5.53. The van der Waals surface area contributed by atoms with E-state index in [1.165, 1.54) is 16.4 Å². The van der Waals surface area contributed by atoms with Crippen LogP contribution in [0.4, 0.5) is 0 Å². The van der Waals surface area contributed by atoms with Crippen molar-refractivity contribution < 1.29 is 22.7 Å². The molecule has 114 valence electrons. The van der Waals surface area contributed by atoms with E-state index in [2.05, 4.69) is 0 Å². The Morgan fingerprint density at radius 2 is 1.67 bits per heavy atom. The summed E-state index contributed by atoms with van der Waals surface area (Å²) in [6, 6.07) is 4.63. The lowest BCUT2D eigenvalue weighted by molar-refractivity contribution is -0.119. The van der Waals surface area contributed by atoms with Gasteiger partial charge in [0.05, 0.1) is 4.90 Å². The Morgan fingerprint density at radius 3 is 2.33 bits per heavy atom. The zero-order chi connectivity index (χ0) is 14.9. The number of carbonyl (C=O) groups excluding carboxylic acids is 1. The van der Waals surface area contributed by atoms with E-state index in [4.69, 9.17) is 9.47 Å². The Bertz CT molecular complexity index is 638. The number of hydrogen-bond donors (Lipinski definition) is 0. The van der Waals surface area contributed by atoms with E-state index < -0.39 is 10.0 Å². The maximum Gasteiger partial charge on any atom is 0.243 e. The van der Waals surface area contributed by atoms with Crippen LogP contribution in [-0.4, -0.2) is 63.4 Å². The van der Waals surface area contributed by atoms with Crippen LogP contribution in [0.25, 0.3) is 0 Å². The summed E-state index contributed by atoms with van der Waals surface area (Å²) in [6.45, 7) is 2.30. The monoisotopic (exact) mass is 312 g/mol. The summed E-state index contributed by atoms with van der Waals surface area (Å²) < 4.78 is 37.4. The van der Waals surface area contributed by atoms with Gasteiger partial charge in [-0.2, -0.15) is 4.31 Å². The number of sulfonamides is 1. The third kappa shape index (κ3) is 2.68. The Hall–Kier alpha value is -1.80. The highest BCUT2D eigenvalue weighted by Gasteiger charge is 2.29. The molecule has 0 aliphatic carbocycles. The van der Waals surface area contributed by atoms with Gasteiger partial charge in [-0.15, -0.1) is 0 Å². The molecule has 1 fully saturated rings. The Labute approximate surface area is 123 Å². The predicted octanol–water partition coefficient (Wildman–Crippen LogP) is -0.0795. The normalized spacial score (nSPS) is 19.3. The van der Waals surface area contributed by atoms with Crippen LogP contribution >= 0.6 is 0 Å². The number of hydrogen-bond acceptors (Lipinski definition) is 5. The van der Waals surface area contributed by atoms with Crippen molar-refractivity contribution in [3.63, 3.8) is 0 Å². The Kier molecular flexibility index (Phi) is 3.73. The average molecular weight is 312 g/mol. The van der Waals surface area contributed by atoms with Crippen LogP contribution in [0.1, 0.15) is 0 Å². The maximum absolute atomic E-state index is 12.6. The smallest absolute Gasteiger partial charge is 0.243 e. The molecule has 1 aromatic rings. The third-order valence-corrected chi connectivity index (χ3v) is 5.47. The fraction of sp³-hybridized carbons (Fsp3) is 0.462. The molecule has 0 atom stereocenters. The van der Waals surface area contributed by atoms with Crippen molar-refractivity contribution in [1.29, 1.82) is 0 Å². The zero-order valence-electron chi connectivity index (χ0n) is 11.4. The molecule has 7 nitrogen and oxygen atoms in total. The fourth-order valence-corrected chi connectivity index (χ4v) is 3.82. The molecule has 1 saturated heterocycles. The van der Waals surface area contributed by atoms with E-state index >= 15 is 0 Å². The summed E-state index contributed by atoms with van der Waals surface area (Å²) in [6.07, 6.45) is 0.744. The lowest BCUT2D eigenvalue weighted by Gasteiger charge is -2.31. The topological polar surface area (TPSA) is 76.2 Å². The minimum absolute atomic E-state index is 0.186. The number of amides is 1. The molecule has 0 saturated carbocycles. The minimum atomic E-state index is -3.57. The molecule has 2 heterocycles. The number of rotatable bonds is 3. The fourth-order valence-electron chi connectivity index (χ4n) is 2.38. The molecular weight excluding hydrogens is 296 g/mol.